The van der Waals surface area contributed by atoms with Crippen molar-refractivity contribution >= 4 is 11.9 Å². The number of ether oxygens (including phenoxy) is 1. The fraction of sp³-hybridized carbons (Fsp3) is 0.556. The fourth-order valence-corrected chi connectivity index (χ4v) is 3.20. The average Bonchev–Trinajstić information content (AvgIpc) is 3.14. The van der Waals surface area contributed by atoms with Crippen LogP contribution in [-0.4, -0.2) is 55.2 Å². The highest BCUT2D eigenvalue weighted by Gasteiger charge is 2.25. The van der Waals surface area contributed by atoms with E-state index in [-0.39, 0.29) is 24.1 Å². The molecular weight excluding hydrogens is 306 g/mol. The van der Waals surface area contributed by atoms with Gasteiger partial charge in [0.05, 0.1) is 6.10 Å². The summed E-state index contributed by atoms with van der Waals surface area (Å²) in [7, 11) is 0. The Kier molecular flexibility index (Phi) is 5.69. The maximum atomic E-state index is 12.2. The van der Waals surface area contributed by atoms with Gasteiger partial charge in [-0.25, -0.2) is 4.79 Å². The van der Waals surface area contributed by atoms with Crippen molar-refractivity contribution in [1.82, 2.24) is 15.5 Å². The Hall–Kier alpha value is -2.08. The number of hydrogen-bond donors (Lipinski definition) is 2. The van der Waals surface area contributed by atoms with E-state index in [2.05, 4.69) is 10.6 Å². The normalized spacial score (nSPS) is 21.5. The van der Waals surface area contributed by atoms with Crippen molar-refractivity contribution in [3.63, 3.8) is 0 Å². The highest BCUT2D eigenvalue weighted by molar-refractivity contribution is 5.94. The van der Waals surface area contributed by atoms with Gasteiger partial charge >= 0.3 is 6.03 Å². The quantitative estimate of drug-likeness (QED) is 0.883. The van der Waals surface area contributed by atoms with E-state index in [0.29, 0.717) is 25.2 Å². The van der Waals surface area contributed by atoms with Gasteiger partial charge in [-0.1, -0.05) is 18.2 Å². The number of nitrogens with zero attached hydrogens (tertiary/aromatic N) is 1. The summed E-state index contributed by atoms with van der Waals surface area (Å²) in [6, 6.07) is 9.32. The molecule has 2 saturated heterocycles. The van der Waals surface area contributed by atoms with Crippen LogP contribution in [0.4, 0.5) is 4.79 Å². The number of carbonyl (C=O) groups excluding carboxylic acids is 2. The summed E-state index contributed by atoms with van der Waals surface area (Å²) >= 11 is 0. The molecule has 1 unspecified atom stereocenters. The minimum absolute atomic E-state index is 0.0293. The van der Waals surface area contributed by atoms with Crippen LogP contribution in [0.3, 0.4) is 0 Å². The van der Waals surface area contributed by atoms with E-state index in [1.54, 1.807) is 0 Å². The average molecular weight is 331 g/mol. The lowest BCUT2D eigenvalue weighted by Gasteiger charge is -2.32. The zero-order valence-corrected chi connectivity index (χ0v) is 13.9. The molecule has 2 fully saturated rings. The molecule has 0 bridgehead atoms. The molecule has 0 saturated carbocycles. The molecule has 130 valence electrons. The summed E-state index contributed by atoms with van der Waals surface area (Å²) in [4.78, 5) is 26.2. The lowest BCUT2D eigenvalue weighted by molar-refractivity contribution is 0.0913. The lowest BCUT2D eigenvalue weighted by atomic mass is 10.0. The number of benzene rings is 1. The van der Waals surface area contributed by atoms with Gasteiger partial charge < -0.3 is 20.3 Å². The number of hydrogen-bond acceptors (Lipinski definition) is 3. The van der Waals surface area contributed by atoms with Crippen molar-refractivity contribution in [2.24, 2.45) is 0 Å². The molecule has 0 aromatic heterocycles. The number of carbonyl (C=O) groups is 2. The van der Waals surface area contributed by atoms with Crippen molar-refractivity contribution in [2.45, 2.75) is 37.8 Å². The molecule has 3 amide bonds. The molecule has 1 atom stereocenters. The van der Waals surface area contributed by atoms with Crippen LogP contribution in [-0.2, 0) is 4.74 Å². The highest BCUT2D eigenvalue weighted by Crippen LogP contribution is 2.13. The standard InChI is InChI=1S/C18H25N3O3/c22-17(14-5-2-1-3-6-14)20-15-8-10-21(11-9-15)18(23)19-13-16-7-4-12-24-16/h1-3,5-6,15-16H,4,7-13H2,(H,19,23)(H,20,22). The van der Waals surface area contributed by atoms with Crippen LogP contribution in [0.15, 0.2) is 30.3 Å². The first-order valence-electron chi connectivity index (χ1n) is 8.72. The summed E-state index contributed by atoms with van der Waals surface area (Å²) in [5.41, 5.74) is 0.675. The van der Waals surface area contributed by atoms with Crippen LogP contribution in [0.2, 0.25) is 0 Å². The Labute approximate surface area is 142 Å². The van der Waals surface area contributed by atoms with Gasteiger partial charge in [0.15, 0.2) is 0 Å². The Morgan fingerprint density at radius 3 is 2.54 bits per heavy atom. The summed E-state index contributed by atoms with van der Waals surface area (Å²) in [6.45, 7) is 2.71. The maximum Gasteiger partial charge on any atom is 0.317 e. The fourth-order valence-electron chi connectivity index (χ4n) is 3.20. The van der Waals surface area contributed by atoms with E-state index in [1.807, 2.05) is 35.2 Å². The SMILES string of the molecule is O=C(NC1CCN(C(=O)NCC2CCCO2)CC1)c1ccccc1. The lowest BCUT2D eigenvalue weighted by Crippen LogP contribution is -2.50. The molecule has 6 heteroatoms. The van der Waals surface area contributed by atoms with Crippen molar-refractivity contribution < 1.29 is 14.3 Å². The molecule has 6 nitrogen and oxygen atoms in total. The van der Waals surface area contributed by atoms with Gasteiger partial charge in [-0.3, -0.25) is 4.79 Å². The Bertz CT molecular complexity index is 550. The smallest absolute Gasteiger partial charge is 0.317 e. The Morgan fingerprint density at radius 2 is 1.88 bits per heavy atom. The topological polar surface area (TPSA) is 70.7 Å². The third kappa shape index (κ3) is 4.47. The molecule has 0 radical (unpaired) electrons. The second-order valence-corrected chi connectivity index (χ2v) is 6.42. The van der Waals surface area contributed by atoms with E-state index in [0.717, 1.165) is 32.3 Å². The van der Waals surface area contributed by atoms with E-state index in [9.17, 15) is 9.59 Å². The molecular formula is C18H25N3O3. The summed E-state index contributed by atoms with van der Waals surface area (Å²) < 4.78 is 5.51. The largest absolute Gasteiger partial charge is 0.376 e. The molecule has 0 spiro atoms. The second kappa shape index (κ2) is 8.15. The van der Waals surface area contributed by atoms with E-state index in [1.165, 1.54) is 0 Å². The van der Waals surface area contributed by atoms with Crippen LogP contribution in [0.25, 0.3) is 0 Å². The zero-order valence-electron chi connectivity index (χ0n) is 13.9. The third-order valence-corrected chi connectivity index (χ3v) is 4.66. The molecule has 0 aliphatic carbocycles. The molecule has 24 heavy (non-hydrogen) atoms. The minimum Gasteiger partial charge on any atom is -0.376 e. The summed E-state index contributed by atoms with van der Waals surface area (Å²) in [5.74, 6) is -0.0446. The first-order chi connectivity index (χ1) is 11.7. The molecule has 3 rings (SSSR count). The van der Waals surface area contributed by atoms with Gasteiger partial charge in [0.1, 0.15) is 0 Å². The van der Waals surface area contributed by atoms with E-state index < -0.39 is 0 Å². The van der Waals surface area contributed by atoms with E-state index >= 15 is 0 Å². The van der Waals surface area contributed by atoms with Crippen molar-refractivity contribution in [1.29, 1.82) is 0 Å². The maximum absolute atomic E-state index is 12.2. The highest BCUT2D eigenvalue weighted by atomic mass is 16.5. The number of urea groups is 1. The van der Waals surface area contributed by atoms with Crippen molar-refractivity contribution in [2.75, 3.05) is 26.2 Å². The van der Waals surface area contributed by atoms with Crippen LogP contribution in [0, 0.1) is 0 Å². The molecule has 1 aromatic carbocycles. The Morgan fingerprint density at radius 1 is 1.12 bits per heavy atom. The Balaban J connectivity index is 1.39. The third-order valence-electron chi connectivity index (χ3n) is 4.66. The predicted molar refractivity (Wildman–Crippen MR) is 90.9 cm³/mol. The van der Waals surface area contributed by atoms with Crippen molar-refractivity contribution in [3.8, 4) is 0 Å². The number of rotatable bonds is 4. The van der Waals surface area contributed by atoms with Crippen molar-refractivity contribution in [3.05, 3.63) is 35.9 Å². The summed E-state index contributed by atoms with van der Waals surface area (Å²) in [5, 5.41) is 6.00. The summed E-state index contributed by atoms with van der Waals surface area (Å²) in [6.07, 6.45) is 3.83. The van der Waals surface area contributed by atoms with Gasteiger partial charge in [-0.15, -0.1) is 0 Å². The van der Waals surface area contributed by atoms with Gasteiger partial charge in [0.2, 0.25) is 0 Å². The number of amides is 3. The van der Waals surface area contributed by atoms with Gasteiger partial charge in [-0.2, -0.15) is 0 Å². The molecule has 2 heterocycles. The van der Waals surface area contributed by atoms with E-state index in [4.69, 9.17) is 4.74 Å². The number of piperidine rings is 1. The molecule has 1 aromatic rings. The van der Waals surface area contributed by atoms with Crippen LogP contribution in [0.5, 0.6) is 0 Å². The second-order valence-electron chi connectivity index (χ2n) is 6.42. The number of nitrogens with one attached hydrogen (secondary N) is 2. The number of likely N-dealkylation sites (tertiary alicyclic amines) is 1. The minimum atomic E-state index is -0.0446. The van der Waals surface area contributed by atoms with Gasteiger partial charge in [0, 0.05) is 37.8 Å². The van der Waals surface area contributed by atoms with Gasteiger partial charge in [0.25, 0.3) is 5.91 Å². The zero-order chi connectivity index (χ0) is 16.8. The monoisotopic (exact) mass is 331 g/mol. The molecule has 2 aliphatic heterocycles. The van der Waals surface area contributed by atoms with Gasteiger partial charge in [-0.05, 0) is 37.8 Å². The predicted octanol–water partition coefficient (Wildman–Crippen LogP) is 1.77. The van der Waals surface area contributed by atoms with Crippen LogP contribution in [0.1, 0.15) is 36.0 Å². The molecule has 2 aliphatic rings. The first-order valence-corrected chi connectivity index (χ1v) is 8.72. The van der Waals surface area contributed by atoms with Crippen LogP contribution >= 0.6 is 0 Å². The molecule has 2 N–H and O–H groups in total. The van der Waals surface area contributed by atoms with Crippen LogP contribution < -0.4 is 10.6 Å². The first kappa shape index (κ1) is 16.8.